The van der Waals surface area contributed by atoms with Gasteiger partial charge in [0.25, 0.3) is 11.5 Å². The summed E-state index contributed by atoms with van der Waals surface area (Å²) in [7, 11) is 1.53. The van der Waals surface area contributed by atoms with Crippen molar-refractivity contribution in [2.45, 2.75) is 25.3 Å². The molecule has 1 amide bonds. The van der Waals surface area contributed by atoms with Crippen LogP contribution in [-0.4, -0.2) is 56.0 Å². The van der Waals surface area contributed by atoms with E-state index in [1.165, 1.54) is 15.9 Å². The molecule has 3 heterocycles. The van der Waals surface area contributed by atoms with E-state index in [0.29, 0.717) is 38.0 Å². The van der Waals surface area contributed by atoms with Crippen LogP contribution in [0.2, 0.25) is 5.02 Å². The SMILES string of the molecule is CNC(=O)COc1cc2cc(Nc3nc(N4CC[I-]CC4)ncc3Cl)ccc2n(C2CCC2)c1=O. The average molecular weight is 610 g/mol. The summed E-state index contributed by atoms with van der Waals surface area (Å²) in [6, 6.07) is 7.64. The van der Waals surface area contributed by atoms with Crippen LogP contribution < -0.4 is 47.0 Å². The minimum absolute atomic E-state index is 0.137. The van der Waals surface area contributed by atoms with E-state index in [2.05, 4.69) is 25.5 Å². The number of likely N-dealkylation sites (N-methyl/N-ethyl adjacent to an activating group) is 1. The topological polar surface area (TPSA) is 101 Å². The number of ether oxygens (including phenoxy) is 1. The van der Waals surface area contributed by atoms with Crippen molar-refractivity contribution in [2.24, 2.45) is 0 Å². The molecule has 2 aliphatic rings. The molecule has 2 N–H and O–H groups in total. The van der Waals surface area contributed by atoms with Crippen LogP contribution in [0.15, 0.2) is 35.3 Å². The van der Waals surface area contributed by atoms with Gasteiger partial charge in [0.15, 0.2) is 6.61 Å². The Morgan fingerprint density at radius 3 is 2.77 bits per heavy atom. The second kappa shape index (κ2) is 10.6. The van der Waals surface area contributed by atoms with E-state index in [-0.39, 0.29) is 29.9 Å². The number of aromatic nitrogens is 3. The van der Waals surface area contributed by atoms with E-state index in [1.807, 2.05) is 18.2 Å². The molecule has 1 saturated heterocycles. The number of amides is 1. The van der Waals surface area contributed by atoms with Crippen molar-refractivity contribution in [1.82, 2.24) is 19.9 Å². The van der Waals surface area contributed by atoms with Gasteiger partial charge in [-0.3, -0.25) is 9.59 Å². The van der Waals surface area contributed by atoms with Gasteiger partial charge in [0.05, 0.1) is 0 Å². The summed E-state index contributed by atoms with van der Waals surface area (Å²) in [6.07, 6.45) is 4.63. The van der Waals surface area contributed by atoms with E-state index in [1.54, 1.807) is 16.8 Å². The van der Waals surface area contributed by atoms with Crippen molar-refractivity contribution >= 4 is 45.9 Å². The van der Waals surface area contributed by atoms with Crippen molar-refractivity contribution in [3.05, 3.63) is 45.8 Å². The standard InChI is InChI=1S/C24H27ClIN6O3/c1-27-21(33)14-35-20-12-15-11-16(5-6-19(15)32(23(20)34)17-3-2-4-17)29-22-18(25)13-28-24(30-22)31-9-7-26-8-10-31/h5-6,11-13,17H,2-4,7-10,14H2,1H3,(H,27,33)(H,28,29,30)/q-1. The van der Waals surface area contributed by atoms with Gasteiger partial charge in [0.2, 0.25) is 0 Å². The van der Waals surface area contributed by atoms with Crippen molar-refractivity contribution < 1.29 is 30.7 Å². The van der Waals surface area contributed by atoms with Gasteiger partial charge in [-0.1, -0.05) is 0 Å². The number of hydrogen-bond donors (Lipinski definition) is 2. The summed E-state index contributed by atoms with van der Waals surface area (Å²) >= 11 is 6.73. The van der Waals surface area contributed by atoms with Gasteiger partial charge in [-0.25, -0.2) is 0 Å². The zero-order valence-electron chi connectivity index (χ0n) is 19.4. The molecule has 11 heteroatoms. The number of carbonyl (C=O) groups is 1. The van der Waals surface area contributed by atoms with Crippen LogP contribution in [0.1, 0.15) is 25.3 Å². The molecular formula is C24H27ClIN6O3-. The maximum atomic E-state index is 13.2. The van der Waals surface area contributed by atoms with Crippen LogP contribution in [0, 0.1) is 0 Å². The van der Waals surface area contributed by atoms with Crippen LogP contribution in [-0.2, 0) is 4.79 Å². The van der Waals surface area contributed by atoms with E-state index < -0.39 is 0 Å². The van der Waals surface area contributed by atoms with Gasteiger partial charge in [-0.05, 0) is 19.3 Å². The third-order valence-electron chi connectivity index (χ3n) is 6.33. The first kappa shape index (κ1) is 24.1. The van der Waals surface area contributed by atoms with Crippen LogP contribution in [0.3, 0.4) is 0 Å². The molecule has 35 heavy (non-hydrogen) atoms. The van der Waals surface area contributed by atoms with Crippen LogP contribution >= 0.6 is 11.6 Å². The Balaban J connectivity index is 1.48. The summed E-state index contributed by atoms with van der Waals surface area (Å²) in [4.78, 5) is 36.2. The molecule has 1 aliphatic carbocycles. The smallest absolute Gasteiger partial charge is 0.265 e. The normalized spacial score (nSPS) is 16.3. The molecule has 2 fully saturated rings. The summed E-state index contributed by atoms with van der Waals surface area (Å²) in [5.41, 5.74) is 1.41. The van der Waals surface area contributed by atoms with Gasteiger partial charge < -0.3 is 10.1 Å². The van der Waals surface area contributed by atoms with Gasteiger partial charge in [0, 0.05) is 13.1 Å². The Morgan fingerprint density at radius 1 is 1.26 bits per heavy atom. The quantitative estimate of drug-likeness (QED) is 0.286. The molecule has 0 spiro atoms. The number of carbonyl (C=O) groups excluding carboxylic acids is 1. The Kier molecular flexibility index (Phi) is 7.28. The number of rotatable bonds is 7. The summed E-state index contributed by atoms with van der Waals surface area (Å²) in [6.45, 7) is 1.77. The fraction of sp³-hybridized carbons (Fsp3) is 0.417. The van der Waals surface area contributed by atoms with E-state index in [9.17, 15) is 9.59 Å². The number of hydrogen-bond acceptors (Lipinski definition) is 7. The molecule has 9 nitrogen and oxygen atoms in total. The Labute approximate surface area is 218 Å². The molecule has 186 valence electrons. The zero-order chi connectivity index (χ0) is 24.4. The monoisotopic (exact) mass is 609 g/mol. The first-order valence-corrected chi connectivity index (χ1v) is 15.1. The molecule has 1 aliphatic heterocycles. The molecule has 3 aromatic rings. The number of anilines is 3. The van der Waals surface area contributed by atoms with Crippen molar-refractivity contribution in [3.63, 3.8) is 0 Å². The molecule has 5 rings (SSSR count). The zero-order valence-corrected chi connectivity index (χ0v) is 22.3. The molecule has 0 unspecified atom stereocenters. The average Bonchev–Trinajstić information content (AvgIpc) is 2.85. The minimum Gasteiger partial charge on any atom is -0.265 e. The van der Waals surface area contributed by atoms with Gasteiger partial charge in [-0.2, -0.15) is 0 Å². The first-order valence-electron chi connectivity index (χ1n) is 11.6. The third-order valence-corrected chi connectivity index (χ3v) is 9.10. The minimum atomic E-state index is -0.292. The van der Waals surface area contributed by atoms with Gasteiger partial charge in [0.1, 0.15) is 0 Å². The Morgan fingerprint density at radius 2 is 2.06 bits per heavy atom. The van der Waals surface area contributed by atoms with Crippen molar-refractivity contribution in [2.75, 3.05) is 45.8 Å². The number of nitrogens with zero attached hydrogens (tertiary/aromatic N) is 4. The summed E-state index contributed by atoms with van der Waals surface area (Å²) in [5.74, 6) is 1.10. The number of halogens is 2. The molecule has 1 aromatic carbocycles. The van der Waals surface area contributed by atoms with Crippen molar-refractivity contribution in [1.29, 1.82) is 0 Å². The molecule has 0 radical (unpaired) electrons. The number of alkyl halides is 2. The summed E-state index contributed by atoms with van der Waals surface area (Å²) in [5, 5.41) is 7.10. The Hall–Kier alpha value is -2.60. The number of nitrogens with one attached hydrogen (secondary N) is 2. The van der Waals surface area contributed by atoms with Crippen LogP contribution in [0.4, 0.5) is 17.5 Å². The van der Waals surface area contributed by atoms with E-state index >= 15 is 0 Å². The second-order valence-electron chi connectivity index (χ2n) is 8.55. The number of benzene rings is 1. The predicted octanol–water partition coefficient (Wildman–Crippen LogP) is -0.0527. The van der Waals surface area contributed by atoms with E-state index in [0.717, 1.165) is 48.9 Å². The first-order chi connectivity index (χ1) is 17.0. The van der Waals surface area contributed by atoms with Gasteiger partial charge >= 0.3 is 149 Å². The van der Waals surface area contributed by atoms with E-state index in [4.69, 9.17) is 16.3 Å². The fourth-order valence-electron chi connectivity index (χ4n) is 4.19. The van der Waals surface area contributed by atoms with Gasteiger partial charge in [-0.15, -0.1) is 0 Å². The summed E-state index contributed by atoms with van der Waals surface area (Å²) < 4.78 is 9.89. The van der Waals surface area contributed by atoms with Crippen LogP contribution in [0.5, 0.6) is 5.75 Å². The molecule has 1 saturated carbocycles. The number of pyridine rings is 1. The molecule has 0 atom stereocenters. The Bertz CT molecular complexity index is 1310. The number of fused-ring (bicyclic) bond motifs is 1. The molecular weight excluding hydrogens is 583 g/mol. The van der Waals surface area contributed by atoms with Crippen LogP contribution in [0.25, 0.3) is 10.9 Å². The van der Waals surface area contributed by atoms with Crippen molar-refractivity contribution in [3.8, 4) is 5.75 Å². The predicted molar refractivity (Wildman–Crippen MR) is 133 cm³/mol. The molecule has 0 bridgehead atoms. The molecule has 2 aromatic heterocycles. The second-order valence-corrected chi connectivity index (χ2v) is 12.2. The maximum absolute atomic E-state index is 13.2. The fourth-order valence-corrected chi connectivity index (χ4v) is 6.71. The third kappa shape index (κ3) is 5.18.